The summed E-state index contributed by atoms with van der Waals surface area (Å²) in [6, 6.07) is 15.9. The van der Waals surface area contributed by atoms with Crippen LogP contribution in [0.4, 0.5) is 11.4 Å². The van der Waals surface area contributed by atoms with Crippen LogP contribution >= 0.6 is 0 Å². The molecule has 0 fully saturated rings. The van der Waals surface area contributed by atoms with Gasteiger partial charge in [0.1, 0.15) is 5.75 Å². The number of anilines is 2. The van der Waals surface area contributed by atoms with Crippen LogP contribution < -0.4 is 10.1 Å². The van der Waals surface area contributed by atoms with Crippen molar-refractivity contribution in [3.05, 3.63) is 54.2 Å². The van der Waals surface area contributed by atoms with E-state index in [1.165, 1.54) is 0 Å². The van der Waals surface area contributed by atoms with E-state index in [2.05, 4.69) is 15.5 Å². The van der Waals surface area contributed by atoms with Gasteiger partial charge >= 0.3 is 0 Å². The van der Waals surface area contributed by atoms with Crippen LogP contribution in [0.1, 0.15) is 12.6 Å². The maximum atomic E-state index is 5.66. The Hall–Kier alpha value is -2.62. The molecule has 0 atom stereocenters. The van der Waals surface area contributed by atoms with Crippen molar-refractivity contribution >= 4 is 22.3 Å². The Labute approximate surface area is 123 Å². The monoisotopic (exact) mass is 279 g/mol. The van der Waals surface area contributed by atoms with Gasteiger partial charge in [-0.1, -0.05) is 30.3 Å². The molecule has 0 spiro atoms. The molecule has 0 radical (unpaired) electrons. The Balaban J connectivity index is 2.08. The maximum absolute atomic E-state index is 5.66. The first-order chi connectivity index (χ1) is 10.3. The van der Waals surface area contributed by atoms with Crippen molar-refractivity contribution in [3.8, 4) is 5.75 Å². The minimum absolute atomic E-state index is 0.632. The summed E-state index contributed by atoms with van der Waals surface area (Å²) in [5.41, 5.74) is 3.63. The molecule has 0 amide bonds. The van der Waals surface area contributed by atoms with Gasteiger partial charge in [0.05, 0.1) is 29.2 Å². The summed E-state index contributed by atoms with van der Waals surface area (Å²) in [5.74, 6) is 0.834. The van der Waals surface area contributed by atoms with Crippen molar-refractivity contribution in [1.29, 1.82) is 0 Å². The predicted molar refractivity (Wildman–Crippen MR) is 85.2 cm³/mol. The first-order valence-corrected chi connectivity index (χ1v) is 7.00. The highest BCUT2D eigenvalue weighted by Crippen LogP contribution is 2.31. The summed E-state index contributed by atoms with van der Waals surface area (Å²) < 4.78 is 5.66. The van der Waals surface area contributed by atoms with Crippen LogP contribution in [-0.4, -0.2) is 16.8 Å². The van der Waals surface area contributed by atoms with Crippen molar-refractivity contribution in [2.24, 2.45) is 0 Å². The molecule has 4 heteroatoms. The van der Waals surface area contributed by atoms with E-state index in [0.29, 0.717) is 6.61 Å². The van der Waals surface area contributed by atoms with Gasteiger partial charge in [0.25, 0.3) is 0 Å². The number of para-hydroxylation sites is 2. The average Bonchev–Trinajstić information content (AvgIpc) is 2.52. The zero-order valence-electron chi connectivity index (χ0n) is 12.1. The number of rotatable bonds is 4. The predicted octanol–water partition coefficient (Wildman–Crippen LogP) is 4.08. The second kappa shape index (κ2) is 5.79. The van der Waals surface area contributed by atoms with Gasteiger partial charge in [-0.15, -0.1) is 0 Å². The number of hydrogen-bond donors (Lipinski definition) is 1. The summed E-state index contributed by atoms with van der Waals surface area (Å²) in [7, 11) is 0. The fraction of sp³-hybridized carbons (Fsp3) is 0.176. The molecule has 1 N–H and O–H groups in total. The zero-order chi connectivity index (χ0) is 14.7. The van der Waals surface area contributed by atoms with E-state index < -0.39 is 0 Å². The lowest BCUT2D eigenvalue weighted by molar-refractivity contribution is 0.342. The summed E-state index contributed by atoms with van der Waals surface area (Å²) in [6.45, 7) is 4.56. The average molecular weight is 279 g/mol. The molecule has 1 aromatic heterocycles. The summed E-state index contributed by atoms with van der Waals surface area (Å²) in [4.78, 5) is 0. The van der Waals surface area contributed by atoms with Gasteiger partial charge in [0, 0.05) is 5.39 Å². The smallest absolute Gasteiger partial charge is 0.142 e. The molecule has 2 aromatic carbocycles. The second-order valence-corrected chi connectivity index (χ2v) is 4.73. The molecule has 0 saturated heterocycles. The van der Waals surface area contributed by atoms with E-state index in [9.17, 15) is 0 Å². The zero-order valence-corrected chi connectivity index (χ0v) is 12.1. The standard InChI is InChI=1S/C17H17N3O/c1-3-21-16-11-7-6-10-15(16)18-17-12(2)19-20-14-9-5-4-8-13(14)17/h4-11H,3H2,1-2H3,(H,18,20). The van der Waals surface area contributed by atoms with Crippen LogP contribution in [0.15, 0.2) is 48.5 Å². The number of benzene rings is 2. The topological polar surface area (TPSA) is 47.0 Å². The highest BCUT2D eigenvalue weighted by atomic mass is 16.5. The van der Waals surface area contributed by atoms with Crippen LogP contribution in [-0.2, 0) is 0 Å². The van der Waals surface area contributed by atoms with Gasteiger partial charge in [-0.2, -0.15) is 10.2 Å². The van der Waals surface area contributed by atoms with Crippen molar-refractivity contribution in [1.82, 2.24) is 10.2 Å². The number of nitrogens with one attached hydrogen (secondary N) is 1. The maximum Gasteiger partial charge on any atom is 0.142 e. The number of fused-ring (bicyclic) bond motifs is 1. The van der Waals surface area contributed by atoms with Crippen LogP contribution in [0, 0.1) is 6.92 Å². The third kappa shape index (κ3) is 2.65. The highest BCUT2D eigenvalue weighted by molar-refractivity contribution is 5.94. The van der Waals surface area contributed by atoms with E-state index in [-0.39, 0.29) is 0 Å². The molecule has 3 aromatic rings. The van der Waals surface area contributed by atoms with Crippen molar-refractivity contribution in [2.45, 2.75) is 13.8 Å². The lowest BCUT2D eigenvalue weighted by Crippen LogP contribution is -2.01. The van der Waals surface area contributed by atoms with Gasteiger partial charge in [-0.25, -0.2) is 0 Å². The minimum Gasteiger partial charge on any atom is -0.492 e. The van der Waals surface area contributed by atoms with Gasteiger partial charge in [-0.05, 0) is 32.0 Å². The molecule has 3 rings (SSSR count). The molecule has 4 nitrogen and oxygen atoms in total. The number of hydrogen-bond acceptors (Lipinski definition) is 4. The van der Waals surface area contributed by atoms with E-state index in [0.717, 1.165) is 33.7 Å². The van der Waals surface area contributed by atoms with Gasteiger partial charge in [-0.3, -0.25) is 0 Å². The third-order valence-corrected chi connectivity index (χ3v) is 3.29. The molecule has 0 aliphatic rings. The third-order valence-electron chi connectivity index (χ3n) is 3.29. The van der Waals surface area contributed by atoms with E-state index in [4.69, 9.17) is 4.74 Å². The number of ether oxygens (including phenoxy) is 1. The lowest BCUT2D eigenvalue weighted by atomic mass is 10.1. The Morgan fingerprint density at radius 3 is 2.62 bits per heavy atom. The number of aromatic nitrogens is 2. The Kier molecular flexibility index (Phi) is 3.69. The fourth-order valence-electron chi connectivity index (χ4n) is 2.29. The molecule has 0 bridgehead atoms. The van der Waals surface area contributed by atoms with Crippen LogP contribution in [0.3, 0.4) is 0 Å². The SMILES string of the molecule is CCOc1ccccc1Nc1c(C)nnc2ccccc12. The highest BCUT2D eigenvalue weighted by Gasteiger charge is 2.10. The van der Waals surface area contributed by atoms with E-state index in [1.807, 2.05) is 62.4 Å². The quantitative estimate of drug-likeness (QED) is 0.781. The summed E-state index contributed by atoms with van der Waals surface area (Å²) in [5, 5.41) is 12.9. The Bertz CT molecular complexity index is 771. The molecule has 0 aliphatic heterocycles. The molecular weight excluding hydrogens is 262 g/mol. The molecule has 106 valence electrons. The van der Waals surface area contributed by atoms with Crippen molar-refractivity contribution < 1.29 is 4.74 Å². The Morgan fingerprint density at radius 1 is 1.00 bits per heavy atom. The van der Waals surface area contributed by atoms with Crippen LogP contribution in [0.2, 0.25) is 0 Å². The largest absolute Gasteiger partial charge is 0.492 e. The Morgan fingerprint density at radius 2 is 1.76 bits per heavy atom. The number of nitrogens with zero attached hydrogens (tertiary/aromatic N) is 2. The molecule has 0 aliphatic carbocycles. The van der Waals surface area contributed by atoms with E-state index >= 15 is 0 Å². The normalized spacial score (nSPS) is 10.6. The summed E-state index contributed by atoms with van der Waals surface area (Å²) >= 11 is 0. The molecule has 1 heterocycles. The molecule has 21 heavy (non-hydrogen) atoms. The lowest BCUT2D eigenvalue weighted by Gasteiger charge is -2.14. The fourth-order valence-corrected chi connectivity index (χ4v) is 2.29. The first kappa shape index (κ1) is 13.4. The minimum atomic E-state index is 0.632. The van der Waals surface area contributed by atoms with Crippen LogP contribution in [0.25, 0.3) is 10.9 Å². The van der Waals surface area contributed by atoms with Gasteiger partial charge in [0.2, 0.25) is 0 Å². The van der Waals surface area contributed by atoms with Crippen molar-refractivity contribution in [3.63, 3.8) is 0 Å². The van der Waals surface area contributed by atoms with Gasteiger partial charge < -0.3 is 10.1 Å². The van der Waals surface area contributed by atoms with Crippen LogP contribution in [0.5, 0.6) is 5.75 Å². The molecule has 0 unspecified atom stereocenters. The van der Waals surface area contributed by atoms with Crippen molar-refractivity contribution in [2.75, 3.05) is 11.9 Å². The van der Waals surface area contributed by atoms with E-state index in [1.54, 1.807) is 0 Å². The second-order valence-electron chi connectivity index (χ2n) is 4.73. The number of aryl methyl sites for hydroxylation is 1. The molecular formula is C17H17N3O. The first-order valence-electron chi connectivity index (χ1n) is 7.00. The molecule has 0 saturated carbocycles. The van der Waals surface area contributed by atoms with Gasteiger partial charge in [0.15, 0.2) is 0 Å². The summed E-state index contributed by atoms with van der Waals surface area (Å²) in [6.07, 6.45) is 0.